The number of allylic oxidation sites excluding steroid dienone is 2. The zero-order valence-corrected chi connectivity index (χ0v) is 10.0. The Kier molecular flexibility index (Phi) is 11.2. The van der Waals surface area contributed by atoms with Crippen molar-refractivity contribution in [2.24, 2.45) is 0 Å². The summed E-state index contributed by atoms with van der Waals surface area (Å²) < 4.78 is 0. The summed E-state index contributed by atoms with van der Waals surface area (Å²) in [4.78, 5) is 10.2. The molecule has 0 fully saturated rings. The first-order valence-electron chi connectivity index (χ1n) is 5.70. The Morgan fingerprint density at radius 1 is 1.00 bits per heavy atom. The number of aliphatic carboxylic acids is 1. The molecule has 2 nitrogen and oxygen atoms in total. The van der Waals surface area contributed by atoms with Crippen LogP contribution < -0.4 is 0 Å². The maximum absolute atomic E-state index is 10.2. The fourth-order valence-corrected chi connectivity index (χ4v) is 1.49. The quantitative estimate of drug-likeness (QED) is 0.351. The Balaban J connectivity index is 3.01. The van der Waals surface area contributed by atoms with Gasteiger partial charge in [-0.1, -0.05) is 31.4 Å². The Labute approximate surface area is 97.3 Å². The largest absolute Gasteiger partial charge is 0.481 e. The summed E-state index contributed by atoms with van der Waals surface area (Å²) in [5.74, 6) is 0.0186. The number of hydrogen-bond acceptors (Lipinski definition) is 1. The molecule has 3 heteroatoms. The van der Waals surface area contributed by atoms with Crippen LogP contribution in [0, 0.1) is 0 Å². The van der Waals surface area contributed by atoms with E-state index in [1.54, 1.807) is 0 Å². The molecular formula is C12H21ClO2. The van der Waals surface area contributed by atoms with Crippen molar-refractivity contribution in [3.05, 3.63) is 12.2 Å². The van der Waals surface area contributed by atoms with E-state index in [4.69, 9.17) is 16.7 Å². The minimum absolute atomic E-state index is 0.315. The average molecular weight is 233 g/mol. The zero-order valence-electron chi connectivity index (χ0n) is 9.25. The monoisotopic (exact) mass is 232 g/mol. The van der Waals surface area contributed by atoms with E-state index < -0.39 is 5.97 Å². The number of carboxylic acids is 1. The summed E-state index contributed by atoms with van der Waals surface area (Å²) in [5, 5.41) is 8.42. The van der Waals surface area contributed by atoms with Crippen molar-refractivity contribution in [2.45, 2.75) is 51.4 Å². The van der Waals surface area contributed by atoms with Crippen molar-refractivity contribution in [1.29, 1.82) is 0 Å². The molecule has 0 saturated carbocycles. The van der Waals surface area contributed by atoms with Gasteiger partial charge in [0.1, 0.15) is 0 Å². The highest BCUT2D eigenvalue weighted by atomic mass is 35.5. The summed E-state index contributed by atoms with van der Waals surface area (Å²) in [6, 6.07) is 0. The fourth-order valence-electron chi connectivity index (χ4n) is 1.37. The molecule has 1 N–H and O–H groups in total. The predicted octanol–water partition coefficient (Wildman–Crippen LogP) is 3.99. The number of rotatable bonds is 10. The van der Waals surface area contributed by atoms with Crippen LogP contribution in [0.15, 0.2) is 12.2 Å². The van der Waals surface area contributed by atoms with Crippen LogP contribution in [0.3, 0.4) is 0 Å². The molecule has 0 aliphatic carbocycles. The lowest BCUT2D eigenvalue weighted by Crippen LogP contribution is -1.93. The topological polar surface area (TPSA) is 37.3 Å². The van der Waals surface area contributed by atoms with Gasteiger partial charge in [-0.15, -0.1) is 11.6 Å². The molecule has 0 saturated heterocycles. The molecule has 0 rings (SSSR count). The van der Waals surface area contributed by atoms with Gasteiger partial charge in [-0.3, -0.25) is 4.79 Å². The first-order chi connectivity index (χ1) is 7.27. The smallest absolute Gasteiger partial charge is 0.303 e. The minimum Gasteiger partial charge on any atom is -0.481 e. The van der Waals surface area contributed by atoms with Crippen LogP contribution in [-0.4, -0.2) is 17.0 Å². The Morgan fingerprint density at radius 3 is 2.27 bits per heavy atom. The maximum Gasteiger partial charge on any atom is 0.303 e. The van der Waals surface area contributed by atoms with Crippen LogP contribution >= 0.6 is 11.6 Å². The van der Waals surface area contributed by atoms with Gasteiger partial charge in [0.05, 0.1) is 0 Å². The minimum atomic E-state index is -0.681. The fraction of sp³-hybridized carbons (Fsp3) is 0.750. The van der Waals surface area contributed by atoms with Crippen LogP contribution in [0.2, 0.25) is 0 Å². The van der Waals surface area contributed by atoms with Crippen LogP contribution in [-0.2, 0) is 4.79 Å². The van der Waals surface area contributed by atoms with E-state index in [0.717, 1.165) is 32.1 Å². The van der Waals surface area contributed by atoms with E-state index in [1.807, 2.05) is 0 Å². The molecule has 0 aliphatic heterocycles. The van der Waals surface area contributed by atoms with Crippen molar-refractivity contribution in [1.82, 2.24) is 0 Å². The van der Waals surface area contributed by atoms with Crippen LogP contribution in [0.25, 0.3) is 0 Å². The summed E-state index contributed by atoms with van der Waals surface area (Å²) >= 11 is 5.53. The summed E-state index contributed by atoms with van der Waals surface area (Å²) in [7, 11) is 0. The third-order valence-corrected chi connectivity index (χ3v) is 2.42. The van der Waals surface area contributed by atoms with Gasteiger partial charge in [0, 0.05) is 12.3 Å². The molecule has 0 aromatic rings. The molecule has 0 radical (unpaired) electrons. The second-order valence-electron chi connectivity index (χ2n) is 3.65. The molecule has 0 aromatic heterocycles. The van der Waals surface area contributed by atoms with Crippen molar-refractivity contribution < 1.29 is 9.90 Å². The number of hydrogen-bond donors (Lipinski definition) is 1. The van der Waals surface area contributed by atoms with Crippen LogP contribution in [0.4, 0.5) is 0 Å². The summed E-state index contributed by atoms with van der Waals surface area (Å²) in [5.41, 5.74) is 0. The standard InChI is InChI=1S/C12H21ClO2/c13-11-9-7-5-3-1-2-4-6-8-10-12(14)15/h5,7H,1-4,6,8-11H2,(H,14,15). The number of carbonyl (C=O) groups is 1. The molecule has 88 valence electrons. The van der Waals surface area contributed by atoms with E-state index in [9.17, 15) is 4.79 Å². The van der Waals surface area contributed by atoms with E-state index >= 15 is 0 Å². The van der Waals surface area contributed by atoms with Gasteiger partial charge < -0.3 is 5.11 Å². The zero-order chi connectivity index (χ0) is 11.4. The van der Waals surface area contributed by atoms with E-state index in [-0.39, 0.29) is 0 Å². The van der Waals surface area contributed by atoms with Crippen LogP contribution in [0.5, 0.6) is 0 Å². The second-order valence-corrected chi connectivity index (χ2v) is 4.03. The Morgan fingerprint density at radius 2 is 1.60 bits per heavy atom. The predicted molar refractivity (Wildman–Crippen MR) is 64.4 cm³/mol. The van der Waals surface area contributed by atoms with E-state index in [1.165, 1.54) is 12.8 Å². The van der Waals surface area contributed by atoms with E-state index in [0.29, 0.717) is 12.3 Å². The lowest BCUT2D eigenvalue weighted by atomic mass is 10.1. The van der Waals surface area contributed by atoms with Crippen LogP contribution in [0.1, 0.15) is 51.4 Å². The second kappa shape index (κ2) is 11.6. The third-order valence-electron chi connectivity index (χ3n) is 2.20. The van der Waals surface area contributed by atoms with E-state index in [2.05, 4.69) is 12.2 Å². The van der Waals surface area contributed by atoms with Gasteiger partial charge in [-0.25, -0.2) is 0 Å². The lowest BCUT2D eigenvalue weighted by Gasteiger charge is -1.98. The number of halogens is 1. The molecule has 15 heavy (non-hydrogen) atoms. The van der Waals surface area contributed by atoms with Gasteiger partial charge >= 0.3 is 5.97 Å². The maximum atomic E-state index is 10.2. The molecule has 0 bridgehead atoms. The van der Waals surface area contributed by atoms with Gasteiger partial charge in [0.15, 0.2) is 0 Å². The number of alkyl halides is 1. The highest BCUT2D eigenvalue weighted by Gasteiger charge is 1.95. The molecule has 0 unspecified atom stereocenters. The van der Waals surface area contributed by atoms with Crippen molar-refractivity contribution >= 4 is 17.6 Å². The lowest BCUT2D eigenvalue weighted by molar-refractivity contribution is -0.137. The summed E-state index contributed by atoms with van der Waals surface area (Å²) in [6.07, 6.45) is 12.1. The van der Waals surface area contributed by atoms with Gasteiger partial charge in [-0.05, 0) is 25.7 Å². The van der Waals surface area contributed by atoms with Crippen molar-refractivity contribution in [3.63, 3.8) is 0 Å². The van der Waals surface area contributed by atoms with Crippen molar-refractivity contribution in [2.75, 3.05) is 5.88 Å². The third kappa shape index (κ3) is 13.5. The van der Waals surface area contributed by atoms with Gasteiger partial charge in [0.25, 0.3) is 0 Å². The molecule has 0 spiro atoms. The summed E-state index contributed by atoms with van der Waals surface area (Å²) in [6.45, 7) is 0. The van der Waals surface area contributed by atoms with Crippen molar-refractivity contribution in [3.8, 4) is 0 Å². The average Bonchev–Trinajstić information content (AvgIpc) is 2.20. The molecular weight excluding hydrogens is 212 g/mol. The molecule has 0 atom stereocenters. The number of carboxylic acid groups (broad SMARTS) is 1. The van der Waals surface area contributed by atoms with Gasteiger partial charge in [-0.2, -0.15) is 0 Å². The molecule has 0 aromatic carbocycles. The van der Waals surface area contributed by atoms with Gasteiger partial charge in [0.2, 0.25) is 0 Å². The Bertz CT molecular complexity index is 178. The number of unbranched alkanes of at least 4 members (excludes halogenated alkanes) is 5. The molecule has 0 amide bonds. The first-order valence-corrected chi connectivity index (χ1v) is 6.23. The Hall–Kier alpha value is -0.500. The SMILES string of the molecule is O=C(O)CCCCCCCC=CCCCl. The first kappa shape index (κ1) is 14.5. The highest BCUT2D eigenvalue weighted by molar-refractivity contribution is 6.17. The normalized spacial score (nSPS) is 11.0. The molecule has 0 heterocycles. The molecule has 0 aliphatic rings. The highest BCUT2D eigenvalue weighted by Crippen LogP contribution is 2.07.